The first-order valence-corrected chi connectivity index (χ1v) is 9.91. The highest BCUT2D eigenvalue weighted by atomic mass is 32.2. The van der Waals surface area contributed by atoms with E-state index < -0.39 is 22.0 Å². The minimum Gasteiger partial charge on any atom is -0.480 e. The number of carbonyl (C=O) groups excluding carboxylic acids is 1. The molecule has 1 amide bonds. The Morgan fingerprint density at radius 2 is 2.04 bits per heavy atom. The van der Waals surface area contributed by atoms with Crippen LogP contribution in [0.1, 0.15) is 38.5 Å². The van der Waals surface area contributed by atoms with Crippen LogP contribution < -0.4 is 5.14 Å². The molecule has 3 rings (SSSR count). The van der Waals surface area contributed by atoms with Gasteiger partial charge in [-0.3, -0.25) is 9.48 Å². The molecule has 2 aliphatic rings. The zero-order valence-electron chi connectivity index (χ0n) is 13.7. The molecule has 1 saturated carbocycles. The van der Waals surface area contributed by atoms with Gasteiger partial charge in [0.05, 0.1) is 6.20 Å². The number of aromatic nitrogens is 2. The fourth-order valence-corrected chi connectivity index (χ4v) is 4.46. The number of carboxylic acid groups (broad SMARTS) is 1. The van der Waals surface area contributed by atoms with E-state index in [0.717, 1.165) is 31.9 Å². The van der Waals surface area contributed by atoms with E-state index in [1.54, 1.807) is 0 Å². The maximum atomic E-state index is 12.7. The lowest BCUT2D eigenvalue weighted by atomic mass is 9.84. The van der Waals surface area contributed by atoms with Crippen LogP contribution in [0.3, 0.4) is 0 Å². The van der Waals surface area contributed by atoms with Crippen molar-refractivity contribution in [2.24, 2.45) is 11.1 Å². The summed E-state index contributed by atoms with van der Waals surface area (Å²) in [4.78, 5) is 25.7. The molecular weight excluding hydrogens is 348 g/mol. The summed E-state index contributed by atoms with van der Waals surface area (Å²) in [6.07, 6.45) is 6.89. The lowest BCUT2D eigenvalue weighted by Crippen LogP contribution is -2.46. The van der Waals surface area contributed by atoms with Gasteiger partial charge in [0.2, 0.25) is 15.9 Å². The number of nitrogens with zero attached hydrogens (tertiary/aromatic N) is 3. The Balaban J connectivity index is 1.68. The average Bonchev–Trinajstić information content (AvgIpc) is 3.16. The molecule has 138 valence electrons. The number of primary sulfonamides is 1. The summed E-state index contributed by atoms with van der Waals surface area (Å²) in [5.41, 5.74) is 0. The van der Waals surface area contributed by atoms with Crippen molar-refractivity contribution in [1.82, 2.24) is 14.7 Å². The van der Waals surface area contributed by atoms with Crippen LogP contribution in [0, 0.1) is 5.92 Å². The Labute approximate surface area is 145 Å². The maximum absolute atomic E-state index is 12.7. The maximum Gasteiger partial charge on any atom is 0.326 e. The van der Waals surface area contributed by atoms with E-state index >= 15 is 0 Å². The van der Waals surface area contributed by atoms with Crippen molar-refractivity contribution in [1.29, 1.82) is 0 Å². The molecule has 10 heteroatoms. The lowest BCUT2D eigenvalue weighted by molar-refractivity contribution is -0.150. The first-order chi connectivity index (χ1) is 11.8. The van der Waals surface area contributed by atoms with Crippen molar-refractivity contribution < 1.29 is 23.1 Å². The van der Waals surface area contributed by atoms with Gasteiger partial charge in [-0.05, 0) is 25.2 Å². The van der Waals surface area contributed by atoms with Gasteiger partial charge in [-0.15, -0.1) is 0 Å². The van der Waals surface area contributed by atoms with Crippen molar-refractivity contribution >= 4 is 21.9 Å². The molecule has 1 saturated heterocycles. The molecule has 1 aliphatic heterocycles. The second-order valence-electron chi connectivity index (χ2n) is 6.74. The van der Waals surface area contributed by atoms with E-state index in [0.29, 0.717) is 6.42 Å². The van der Waals surface area contributed by atoms with Crippen LogP contribution in [0.4, 0.5) is 0 Å². The van der Waals surface area contributed by atoms with Crippen LogP contribution in [0.5, 0.6) is 0 Å². The molecule has 3 atom stereocenters. The summed E-state index contributed by atoms with van der Waals surface area (Å²) in [5.74, 6) is -0.926. The van der Waals surface area contributed by atoms with Crippen molar-refractivity contribution in [3.63, 3.8) is 0 Å². The van der Waals surface area contributed by atoms with Crippen molar-refractivity contribution in [2.75, 3.05) is 0 Å². The number of likely N-dealkylation sites (tertiary alicyclic amines) is 1. The van der Waals surface area contributed by atoms with Gasteiger partial charge in [-0.1, -0.05) is 12.8 Å². The zero-order valence-corrected chi connectivity index (χ0v) is 14.6. The molecule has 1 aliphatic carbocycles. The Hall–Kier alpha value is -1.94. The molecular formula is C15H22N4O5S. The molecule has 0 spiro atoms. The zero-order chi connectivity index (χ0) is 18.2. The number of nitrogens with two attached hydrogens (primary N) is 1. The van der Waals surface area contributed by atoms with Crippen LogP contribution in [0.2, 0.25) is 0 Å². The molecule has 1 aromatic rings. The third kappa shape index (κ3) is 3.69. The van der Waals surface area contributed by atoms with E-state index in [1.165, 1.54) is 15.8 Å². The van der Waals surface area contributed by atoms with Crippen LogP contribution in [-0.2, 0) is 26.2 Å². The predicted octanol–water partition coefficient (Wildman–Crippen LogP) is 0.165. The summed E-state index contributed by atoms with van der Waals surface area (Å²) < 4.78 is 23.8. The summed E-state index contributed by atoms with van der Waals surface area (Å²) >= 11 is 0. The number of sulfonamides is 1. The highest BCUT2D eigenvalue weighted by Gasteiger charge is 2.47. The number of fused-ring (bicyclic) bond motifs is 1. The van der Waals surface area contributed by atoms with Gasteiger partial charge in [0.25, 0.3) is 0 Å². The summed E-state index contributed by atoms with van der Waals surface area (Å²) in [6, 6.07) is -0.766. The fourth-order valence-electron chi connectivity index (χ4n) is 3.99. The Kier molecular flexibility index (Phi) is 4.83. The van der Waals surface area contributed by atoms with Gasteiger partial charge in [-0.2, -0.15) is 5.10 Å². The number of amides is 1. The molecule has 2 heterocycles. The molecule has 25 heavy (non-hydrogen) atoms. The van der Waals surface area contributed by atoms with E-state index in [-0.39, 0.29) is 35.7 Å². The second-order valence-corrected chi connectivity index (χ2v) is 8.30. The molecule has 0 radical (unpaired) electrons. The summed E-state index contributed by atoms with van der Waals surface area (Å²) in [7, 11) is -3.83. The fraction of sp³-hybridized carbons (Fsp3) is 0.667. The minimum absolute atomic E-state index is 0.0000445. The van der Waals surface area contributed by atoms with E-state index in [1.807, 2.05) is 0 Å². The highest BCUT2D eigenvalue weighted by Crippen LogP contribution is 2.40. The molecule has 0 bridgehead atoms. The average molecular weight is 370 g/mol. The van der Waals surface area contributed by atoms with Gasteiger partial charge in [0.15, 0.2) is 0 Å². The largest absolute Gasteiger partial charge is 0.480 e. The van der Waals surface area contributed by atoms with Crippen molar-refractivity contribution in [3.8, 4) is 0 Å². The number of aryl methyl sites for hydroxylation is 1. The third-order valence-corrected chi connectivity index (χ3v) is 6.02. The van der Waals surface area contributed by atoms with E-state index in [9.17, 15) is 23.1 Å². The van der Waals surface area contributed by atoms with Crippen molar-refractivity contribution in [3.05, 3.63) is 12.4 Å². The lowest BCUT2D eigenvalue weighted by Gasteiger charge is -2.33. The normalized spacial score (nSPS) is 26.4. The minimum atomic E-state index is -3.83. The molecule has 0 aromatic carbocycles. The van der Waals surface area contributed by atoms with Crippen LogP contribution in [-0.4, -0.2) is 52.2 Å². The first kappa shape index (κ1) is 17.9. The van der Waals surface area contributed by atoms with E-state index in [2.05, 4.69) is 5.10 Å². The number of rotatable bonds is 5. The van der Waals surface area contributed by atoms with Gasteiger partial charge in [-0.25, -0.2) is 18.4 Å². The Bertz CT molecular complexity index is 775. The van der Waals surface area contributed by atoms with Crippen LogP contribution in [0.15, 0.2) is 17.3 Å². The standard InChI is InChI=1S/C15H22N4O5S/c16-25(23,24)11-8-17-18(9-11)6-5-14(20)19-12-4-2-1-3-10(12)7-13(19)15(21)22/h8-10,12-13H,1-7H2,(H,21,22)(H2,16,23,24). The quantitative estimate of drug-likeness (QED) is 0.758. The topological polar surface area (TPSA) is 136 Å². The number of carboxylic acids is 1. The first-order valence-electron chi connectivity index (χ1n) is 8.36. The molecule has 2 fully saturated rings. The van der Waals surface area contributed by atoms with Crippen LogP contribution >= 0.6 is 0 Å². The summed E-state index contributed by atoms with van der Waals surface area (Å²) in [5, 5.41) is 18.4. The smallest absolute Gasteiger partial charge is 0.326 e. The van der Waals surface area contributed by atoms with Gasteiger partial charge in [0, 0.05) is 25.2 Å². The SMILES string of the molecule is NS(=O)(=O)c1cnn(CCC(=O)N2C(C(=O)O)CC3CCCCC32)c1. The van der Waals surface area contributed by atoms with Crippen molar-refractivity contribution in [2.45, 2.75) is 62.0 Å². The number of aliphatic carboxylic acids is 1. The molecule has 3 N–H and O–H groups in total. The molecule has 3 unspecified atom stereocenters. The van der Waals surface area contributed by atoms with E-state index in [4.69, 9.17) is 5.14 Å². The van der Waals surface area contributed by atoms with Gasteiger partial charge < -0.3 is 10.0 Å². The number of hydrogen-bond donors (Lipinski definition) is 2. The van der Waals surface area contributed by atoms with Gasteiger partial charge in [0.1, 0.15) is 10.9 Å². The molecule has 9 nitrogen and oxygen atoms in total. The Morgan fingerprint density at radius 3 is 2.68 bits per heavy atom. The highest BCUT2D eigenvalue weighted by molar-refractivity contribution is 7.89. The monoisotopic (exact) mass is 370 g/mol. The molecule has 1 aromatic heterocycles. The third-order valence-electron chi connectivity index (χ3n) is 5.15. The Morgan fingerprint density at radius 1 is 1.32 bits per heavy atom. The summed E-state index contributed by atoms with van der Waals surface area (Å²) in [6.45, 7) is 0.175. The predicted molar refractivity (Wildman–Crippen MR) is 86.9 cm³/mol. The number of hydrogen-bond acceptors (Lipinski definition) is 5. The second kappa shape index (κ2) is 6.75. The van der Waals surface area contributed by atoms with Gasteiger partial charge >= 0.3 is 5.97 Å². The number of carbonyl (C=O) groups is 2. The van der Waals surface area contributed by atoms with Crippen LogP contribution in [0.25, 0.3) is 0 Å².